The molecule has 4 unspecified atom stereocenters. The molecule has 2 aliphatic rings. The Balaban J connectivity index is 1.22. The smallest absolute Gasteiger partial charge is 0.333 e. The molecule has 63 heavy (non-hydrogen) atoms. The minimum Gasteiger partial charge on any atom is -0.447 e. The summed E-state index contributed by atoms with van der Waals surface area (Å²) in [5.41, 5.74) is 1.85. The third kappa shape index (κ3) is 10.3. The van der Waals surface area contributed by atoms with E-state index in [0.29, 0.717) is 88.5 Å². The number of sulfonamides is 2. The number of halogens is 2. The van der Waals surface area contributed by atoms with Crippen molar-refractivity contribution in [1.82, 2.24) is 9.44 Å². The summed E-state index contributed by atoms with van der Waals surface area (Å²) in [4.78, 5) is 26.8. The molecule has 4 atom stereocenters. The number of hydrogen-bond acceptors (Lipinski definition) is 10. The summed E-state index contributed by atoms with van der Waals surface area (Å²) in [5, 5.41) is 27.4. The molecule has 2 aromatic carbocycles. The number of rotatable bonds is 12. The van der Waals surface area contributed by atoms with Gasteiger partial charge in [-0.15, -0.1) is 0 Å². The molecule has 0 bridgehead atoms. The highest BCUT2D eigenvalue weighted by atomic mass is 35.5. The maximum Gasteiger partial charge on any atom is 0.333 e. The summed E-state index contributed by atoms with van der Waals surface area (Å²) in [6, 6.07) is 6.43. The van der Waals surface area contributed by atoms with Crippen LogP contribution in [0, 0.1) is 11.7 Å². The van der Waals surface area contributed by atoms with E-state index in [2.05, 4.69) is 10.6 Å². The number of nitrogens with one attached hydrogen (secondary N) is 4. The highest BCUT2D eigenvalue weighted by Crippen LogP contribution is 2.47. The third-order valence-corrected chi connectivity index (χ3v) is 14.9. The van der Waals surface area contributed by atoms with Gasteiger partial charge in [0, 0.05) is 46.8 Å². The SMILES string of the molecule is CC(C)c1cc(F)cc(C(C)C)c1NC(=O)NS(=O)(=O)c1cc2c(o1)CCCC(CC(C)c1ccc(Cl)c(C(C)C)c1NC(=O)NS(=O)(=O)c1cc3c(o1)CCCCC3O)C2(C)O. The first-order valence-corrected chi connectivity index (χ1v) is 24.7. The van der Waals surface area contributed by atoms with Crippen molar-refractivity contribution in [3.8, 4) is 0 Å². The Morgan fingerprint density at radius 3 is 1.92 bits per heavy atom. The predicted octanol–water partition coefficient (Wildman–Crippen LogP) is 10.2. The monoisotopic (exact) mass is 932 g/mol. The fourth-order valence-electron chi connectivity index (χ4n) is 8.92. The molecule has 344 valence electrons. The Morgan fingerprint density at radius 1 is 0.778 bits per heavy atom. The van der Waals surface area contributed by atoms with Gasteiger partial charge in [-0.25, -0.2) is 23.4 Å². The molecule has 0 fully saturated rings. The molecule has 2 heterocycles. The van der Waals surface area contributed by atoms with Gasteiger partial charge in [-0.05, 0) is 109 Å². The van der Waals surface area contributed by atoms with E-state index in [1.807, 2.05) is 57.9 Å². The quantitative estimate of drug-likeness (QED) is 0.0739. The van der Waals surface area contributed by atoms with Gasteiger partial charge in [0.05, 0.1) is 17.4 Å². The number of aliphatic hydroxyl groups is 2. The number of aryl methyl sites for hydroxylation is 2. The lowest BCUT2D eigenvalue weighted by Crippen LogP contribution is -2.35. The van der Waals surface area contributed by atoms with Crippen molar-refractivity contribution < 1.29 is 49.9 Å². The van der Waals surface area contributed by atoms with Crippen LogP contribution in [0.15, 0.2) is 55.4 Å². The van der Waals surface area contributed by atoms with Crippen molar-refractivity contribution in [2.75, 3.05) is 10.6 Å². The van der Waals surface area contributed by atoms with E-state index < -0.39 is 65.7 Å². The standard InChI is InChI=1S/C45H58ClFN4O10S2/c1-23(2)30-19-28(47)20-31(24(3)4)41(30)48-43(53)50-63(58,59)39-22-33-37(61-39)15-11-12-27(45(33,8)55)18-26(7)29-16-17-34(46)40(25(5)6)42(29)49-44(54)51-62(56,57)38-21-32-35(52)13-9-10-14-36(32)60-38/h16-17,19-27,35,52,55H,9-15,18H2,1-8H3,(H2,48,50,53)(H2,49,51,54). The van der Waals surface area contributed by atoms with E-state index in [1.165, 1.54) is 24.3 Å². The second kappa shape index (κ2) is 18.6. The van der Waals surface area contributed by atoms with E-state index >= 15 is 0 Å². The van der Waals surface area contributed by atoms with Gasteiger partial charge in [0.2, 0.25) is 10.2 Å². The van der Waals surface area contributed by atoms with Crippen LogP contribution in [0.5, 0.6) is 0 Å². The van der Waals surface area contributed by atoms with Crippen LogP contribution in [0.25, 0.3) is 0 Å². The average Bonchev–Trinajstić information content (AvgIpc) is 3.76. The average molecular weight is 934 g/mol. The summed E-state index contributed by atoms with van der Waals surface area (Å²) in [6.07, 6.45) is 3.22. The van der Waals surface area contributed by atoms with Gasteiger partial charge in [-0.2, -0.15) is 16.8 Å². The van der Waals surface area contributed by atoms with Crippen LogP contribution in [0.1, 0.15) is 169 Å². The number of carbonyl (C=O) groups excluding carboxylic acids is 2. The minimum absolute atomic E-state index is 0.188. The molecule has 14 nitrogen and oxygen atoms in total. The summed E-state index contributed by atoms with van der Waals surface area (Å²) in [5.74, 6) is -1.27. The van der Waals surface area contributed by atoms with Crippen LogP contribution in [0.3, 0.4) is 0 Å². The molecular formula is C45H58ClFN4O10S2. The maximum absolute atomic E-state index is 14.5. The third-order valence-electron chi connectivity index (χ3n) is 12.2. The number of urea groups is 2. The van der Waals surface area contributed by atoms with Crippen molar-refractivity contribution in [1.29, 1.82) is 0 Å². The summed E-state index contributed by atoms with van der Waals surface area (Å²) >= 11 is 6.70. The number of benzene rings is 2. The van der Waals surface area contributed by atoms with Crippen LogP contribution in [0.4, 0.5) is 25.4 Å². The number of anilines is 2. The lowest BCUT2D eigenvalue weighted by atomic mass is 9.75. The van der Waals surface area contributed by atoms with Crippen molar-refractivity contribution in [3.63, 3.8) is 0 Å². The molecule has 6 rings (SSSR count). The van der Waals surface area contributed by atoms with E-state index in [4.69, 9.17) is 20.4 Å². The van der Waals surface area contributed by atoms with Gasteiger partial charge in [-0.1, -0.05) is 72.6 Å². The molecular weight excluding hydrogens is 875 g/mol. The topological polar surface area (TPSA) is 217 Å². The van der Waals surface area contributed by atoms with E-state index in [0.717, 1.165) is 12.8 Å². The summed E-state index contributed by atoms with van der Waals surface area (Å²) < 4.78 is 84.2. The lowest BCUT2D eigenvalue weighted by molar-refractivity contribution is -0.0141. The zero-order valence-corrected chi connectivity index (χ0v) is 39.2. The van der Waals surface area contributed by atoms with E-state index in [9.17, 15) is 41.0 Å². The Bertz CT molecular complexity index is 2570. The predicted molar refractivity (Wildman–Crippen MR) is 238 cm³/mol. The first-order valence-electron chi connectivity index (χ1n) is 21.4. The number of furan rings is 2. The van der Waals surface area contributed by atoms with Gasteiger partial charge in [0.15, 0.2) is 0 Å². The number of amides is 4. The summed E-state index contributed by atoms with van der Waals surface area (Å²) in [7, 11) is -9.09. The largest absolute Gasteiger partial charge is 0.447 e. The molecule has 0 saturated carbocycles. The zero-order chi connectivity index (χ0) is 46.3. The van der Waals surface area contributed by atoms with Crippen LogP contribution < -0.4 is 20.1 Å². The number of hydrogen-bond donors (Lipinski definition) is 6. The maximum atomic E-state index is 14.5. The van der Waals surface area contributed by atoms with Crippen LogP contribution in [0.2, 0.25) is 5.02 Å². The van der Waals surface area contributed by atoms with Gasteiger partial charge in [0.25, 0.3) is 20.0 Å². The fraction of sp³-hybridized carbons (Fsp3) is 0.511. The molecule has 0 radical (unpaired) electrons. The van der Waals surface area contributed by atoms with Gasteiger partial charge < -0.3 is 29.7 Å². The summed E-state index contributed by atoms with van der Waals surface area (Å²) in [6.45, 7) is 14.6. The van der Waals surface area contributed by atoms with Gasteiger partial charge in [-0.3, -0.25) is 0 Å². The first kappa shape index (κ1) is 48.0. The van der Waals surface area contributed by atoms with Crippen LogP contribution in [-0.2, 0) is 38.5 Å². The Kier molecular flexibility index (Phi) is 14.2. The molecule has 6 N–H and O–H groups in total. The van der Waals surface area contributed by atoms with E-state index in [1.54, 1.807) is 19.1 Å². The number of aliphatic hydroxyl groups excluding tert-OH is 1. The van der Waals surface area contributed by atoms with Gasteiger partial charge in [0.1, 0.15) is 17.3 Å². The highest BCUT2D eigenvalue weighted by Gasteiger charge is 2.42. The minimum atomic E-state index is -4.60. The van der Waals surface area contributed by atoms with Crippen molar-refractivity contribution in [2.24, 2.45) is 5.92 Å². The molecule has 2 aliphatic carbocycles. The molecule has 4 aromatic rings. The highest BCUT2D eigenvalue weighted by molar-refractivity contribution is 7.90. The Morgan fingerprint density at radius 2 is 1.33 bits per heavy atom. The molecule has 0 saturated heterocycles. The molecule has 0 aliphatic heterocycles. The fourth-order valence-corrected chi connectivity index (χ4v) is 11.1. The van der Waals surface area contributed by atoms with Gasteiger partial charge >= 0.3 is 12.1 Å². The molecule has 2 aromatic heterocycles. The lowest BCUT2D eigenvalue weighted by Gasteiger charge is -2.34. The number of fused-ring (bicyclic) bond motifs is 2. The normalized spacial score (nSPS) is 19.9. The van der Waals surface area contributed by atoms with Crippen molar-refractivity contribution in [2.45, 2.75) is 152 Å². The van der Waals surface area contributed by atoms with Crippen molar-refractivity contribution >= 4 is 55.1 Å². The first-order chi connectivity index (χ1) is 29.4. The second-order valence-electron chi connectivity index (χ2n) is 17.9. The van der Waals surface area contributed by atoms with Crippen molar-refractivity contribution in [3.05, 3.63) is 92.1 Å². The molecule has 18 heteroatoms. The Labute approximate surface area is 373 Å². The molecule has 0 spiro atoms. The van der Waals surface area contributed by atoms with E-state index in [-0.39, 0.29) is 35.0 Å². The van der Waals surface area contributed by atoms with Crippen LogP contribution >= 0.6 is 11.6 Å². The van der Waals surface area contributed by atoms with Crippen LogP contribution in [-0.4, -0.2) is 39.1 Å². The second-order valence-corrected chi connectivity index (χ2v) is 21.6. The zero-order valence-electron chi connectivity index (χ0n) is 36.8. The molecule has 4 amide bonds. The Hall–Kier alpha value is -4.42. The number of carbonyl (C=O) groups is 2.